The molecule has 1 aromatic heterocycles. The van der Waals surface area contributed by atoms with Gasteiger partial charge in [0.05, 0.1) is 0 Å². The summed E-state index contributed by atoms with van der Waals surface area (Å²) in [6, 6.07) is 0. The summed E-state index contributed by atoms with van der Waals surface area (Å²) in [5.41, 5.74) is 11.0. The second-order valence-electron chi connectivity index (χ2n) is 5.29. The zero-order valence-corrected chi connectivity index (χ0v) is 11.9. The first-order valence-electron chi connectivity index (χ1n) is 6.68. The van der Waals surface area contributed by atoms with E-state index in [9.17, 15) is 4.79 Å². The third-order valence-electron chi connectivity index (χ3n) is 3.42. The molecule has 2 rings (SSSR count). The summed E-state index contributed by atoms with van der Waals surface area (Å²) in [6.07, 6.45) is 2.27. The highest BCUT2D eigenvalue weighted by atomic mass is 16.1. The van der Waals surface area contributed by atoms with Gasteiger partial charge in [0.2, 0.25) is 23.8 Å². The average molecular weight is 279 g/mol. The predicted molar refractivity (Wildman–Crippen MR) is 77.3 cm³/mol. The van der Waals surface area contributed by atoms with Crippen molar-refractivity contribution < 1.29 is 4.79 Å². The molecule has 1 aromatic rings. The molecule has 0 atom stereocenters. The number of aromatic nitrogens is 3. The quantitative estimate of drug-likeness (QED) is 0.771. The van der Waals surface area contributed by atoms with Gasteiger partial charge in [-0.3, -0.25) is 4.79 Å². The van der Waals surface area contributed by atoms with Gasteiger partial charge in [-0.1, -0.05) is 0 Å². The minimum Gasteiger partial charge on any atom is -0.370 e. The zero-order valence-electron chi connectivity index (χ0n) is 11.9. The lowest BCUT2D eigenvalue weighted by atomic mass is 9.93. The number of hydrogen-bond acceptors (Lipinski definition) is 7. The van der Waals surface area contributed by atoms with Crippen LogP contribution in [0.2, 0.25) is 0 Å². The molecule has 8 nitrogen and oxygen atoms in total. The van der Waals surface area contributed by atoms with E-state index in [2.05, 4.69) is 19.9 Å². The number of carbonyl (C=O) groups is 1. The fourth-order valence-electron chi connectivity index (χ4n) is 2.33. The summed E-state index contributed by atoms with van der Waals surface area (Å²) in [5, 5.41) is 0. The van der Waals surface area contributed by atoms with Crippen LogP contribution in [0.4, 0.5) is 17.8 Å². The van der Waals surface area contributed by atoms with E-state index < -0.39 is 0 Å². The Kier molecular flexibility index (Phi) is 4.21. The molecule has 2 heterocycles. The Bertz CT molecular complexity index is 483. The van der Waals surface area contributed by atoms with Crippen LogP contribution in [0, 0.1) is 5.92 Å². The van der Waals surface area contributed by atoms with Crippen LogP contribution in [-0.4, -0.2) is 48.0 Å². The smallest absolute Gasteiger partial charge is 0.231 e. The molecule has 4 N–H and O–H groups in total. The van der Waals surface area contributed by atoms with Gasteiger partial charge in [0, 0.05) is 33.6 Å². The Labute approximate surface area is 118 Å². The summed E-state index contributed by atoms with van der Waals surface area (Å²) >= 11 is 0. The fraction of sp³-hybridized carbons (Fsp3) is 0.667. The van der Waals surface area contributed by atoms with Gasteiger partial charge >= 0.3 is 0 Å². The van der Waals surface area contributed by atoms with Crippen molar-refractivity contribution in [2.45, 2.75) is 19.3 Å². The van der Waals surface area contributed by atoms with Gasteiger partial charge in [-0.05, 0) is 18.8 Å². The van der Waals surface area contributed by atoms with Crippen molar-refractivity contribution in [3.05, 3.63) is 0 Å². The second kappa shape index (κ2) is 5.89. The van der Waals surface area contributed by atoms with Crippen LogP contribution in [0.3, 0.4) is 0 Å². The number of carbonyl (C=O) groups excluding carboxylic acids is 1. The van der Waals surface area contributed by atoms with Crippen molar-refractivity contribution >= 4 is 23.8 Å². The van der Waals surface area contributed by atoms with Crippen LogP contribution in [0.5, 0.6) is 0 Å². The Hall–Kier alpha value is -2.12. The van der Waals surface area contributed by atoms with E-state index in [4.69, 9.17) is 11.5 Å². The first kappa shape index (κ1) is 14.3. The summed E-state index contributed by atoms with van der Waals surface area (Å²) < 4.78 is 0. The number of amides is 1. The number of rotatable bonds is 4. The van der Waals surface area contributed by atoms with Crippen LogP contribution in [0.1, 0.15) is 19.3 Å². The lowest BCUT2D eigenvalue weighted by molar-refractivity contribution is -0.119. The molecule has 0 spiro atoms. The Morgan fingerprint density at radius 2 is 1.95 bits per heavy atom. The molecule has 110 valence electrons. The fourth-order valence-corrected chi connectivity index (χ4v) is 2.33. The topological polar surface area (TPSA) is 114 Å². The van der Waals surface area contributed by atoms with E-state index in [1.54, 1.807) is 4.90 Å². The van der Waals surface area contributed by atoms with Crippen LogP contribution in [0.25, 0.3) is 0 Å². The number of piperidine rings is 1. The number of nitrogens with zero attached hydrogens (tertiary/aromatic N) is 5. The van der Waals surface area contributed by atoms with Gasteiger partial charge in [-0.15, -0.1) is 0 Å². The molecular weight excluding hydrogens is 258 g/mol. The zero-order chi connectivity index (χ0) is 14.7. The van der Waals surface area contributed by atoms with Gasteiger partial charge in [-0.25, -0.2) is 0 Å². The van der Waals surface area contributed by atoms with Gasteiger partial charge in [-0.2, -0.15) is 15.0 Å². The van der Waals surface area contributed by atoms with Crippen molar-refractivity contribution in [3.8, 4) is 0 Å². The summed E-state index contributed by atoms with van der Waals surface area (Å²) in [5.74, 6) is 1.49. The van der Waals surface area contributed by atoms with E-state index in [0.29, 0.717) is 24.2 Å². The highest BCUT2D eigenvalue weighted by molar-refractivity contribution is 5.74. The van der Waals surface area contributed by atoms with Crippen LogP contribution in [-0.2, 0) is 4.79 Å². The molecule has 0 radical (unpaired) electrons. The van der Waals surface area contributed by atoms with Gasteiger partial charge in [0.15, 0.2) is 0 Å². The molecule has 0 bridgehead atoms. The van der Waals surface area contributed by atoms with Crippen LogP contribution >= 0.6 is 0 Å². The molecule has 0 unspecified atom stereocenters. The predicted octanol–water partition coefficient (Wildman–Crippen LogP) is -0.388. The van der Waals surface area contributed by atoms with Gasteiger partial charge < -0.3 is 21.3 Å². The third-order valence-corrected chi connectivity index (χ3v) is 3.42. The van der Waals surface area contributed by atoms with Crippen molar-refractivity contribution in [1.82, 2.24) is 15.0 Å². The SMILES string of the molecule is CN(C)c1nc(N)nc(N2CCC(CC(N)=O)CC2)n1. The van der Waals surface area contributed by atoms with Gasteiger partial charge in [0.25, 0.3) is 0 Å². The molecule has 0 aromatic carbocycles. The largest absolute Gasteiger partial charge is 0.370 e. The van der Waals surface area contributed by atoms with E-state index in [-0.39, 0.29) is 11.9 Å². The van der Waals surface area contributed by atoms with Crippen LogP contribution < -0.4 is 21.3 Å². The van der Waals surface area contributed by atoms with Crippen molar-refractivity contribution in [2.75, 3.05) is 42.7 Å². The van der Waals surface area contributed by atoms with Crippen LogP contribution in [0.15, 0.2) is 0 Å². The van der Waals surface area contributed by atoms with Gasteiger partial charge in [0.1, 0.15) is 0 Å². The Morgan fingerprint density at radius 1 is 1.30 bits per heavy atom. The number of primary amides is 1. The number of nitrogens with two attached hydrogens (primary N) is 2. The second-order valence-corrected chi connectivity index (χ2v) is 5.29. The minimum atomic E-state index is -0.234. The molecule has 0 aliphatic carbocycles. The molecule has 20 heavy (non-hydrogen) atoms. The van der Waals surface area contributed by atoms with Crippen molar-refractivity contribution in [1.29, 1.82) is 0 Å². The average Bonchev–Trinajstić information content (AvgIpc) is 2.38. The Morgan fingerprint density at radius 3 is 2.50 bits per heavy atom. The molecular formula is C12H21N7O. The van der Waals surface area contributed by atoms with E-state index in [1.807, 2.05) is 14.1 Å². The molecule has 1 fully saturated rings. The normalized spacial score (nSPS) is 16.2. The molecule has 8 heteroatoms. The maximum Gasteiger partial charge on any atom is 0.231 e. The molecule has 1 aliphatic heterocycles. The number of nitrogen functional groups attached to an aromatic ring is 1. The molecule has 0 saturated carbocycles. The Balaban J connectivity index is 2.05. The summed E-state index contributed by atoms with van der Waals surface area (Å²) in [7, 11) is 3.72. The number of anilines is 3. The maximum absolute atomic E-state index is 10.9. The number of hydrogen-bond donors (Lipinski definition) is 2. The van der Waals surface area contributed by atoms with E-state index in [1.165, 1.54) is 0 Å². The standard InChI is InChI=1S/C12H21N7O/c1-18(2)11-15-10(14)16-12(17-11)19-5-3-8(4-6-19)7-9(13)20/h8H,3-7H2,1-2H3,(H2,13,20)(H2,14,15,16,17). The lowest BCUT2D eigenvalue weighted by Gasteiger charge is -2.31. The minimum absolute atomic E-state index is 0.220. The third kappa shape index (κ3) is 3.46. The highest BCUT2D eigenvalue weighted by Crippen LogP contribution is 2.23. The highest BCUT2D eigenvalue weighted by Gasteiger charge is 2.23. The maximum atomic E-state index is 10.9. The van der Waals surface area contributed by atoms with E-state index in [0.717, 1.165) is 25.9 Å². The molecule has 1 amide bonds. The summed E-state index contributed by atoms with van der Waals surface area (Å²) in [6.45, 7) is 1.60. The molecule has 1 saturated heterocycles. The molecule has 1 aliphatic rings. The first-order valence-corrected chi connectivity index (χ1v) is 6.68. The van der Waals surface area contributed by atoms with E-state index >= 15 is 0 Å². The lowest BCUT2D eigenvalue weighted by Crippen LogP contribution is -2.36. The summed E-state index contributed by atoms with van der Waals surface area (Å²) in [4.78, 5) is 27.5. The van der Waals surface area contributed by atoms with Crippen molar-refractivity contribution in [2.24, 2.45) is 11.7 Å². The van der Waals surface area contributed by atoms with Crippen molar-refractivity contribution in [3.63, 3.8) is 0 Å². The first-order chi connectivity index (χ1) is 9.45. The monoisotopic (exact) mass is 279 g/mol.